The Morgan fingerprint density at radius 3 is 2.80 bits per heavy atom. The fourth-order valence-electron chi connectivity index (χ4n) is 3.73. The van der Waals surface area contributed by atoms with Crippen molar-refractivity contribution in [1.82, 2.24) is 0 Å². The molecule has 20 heavy (non-hydrogen) atoms. The molecular formula is C15H20BrN3O. The van der Waals surface area contributed by atoms with Crippen LogP contribution in [-0.2, 0) is 0 Å². The number of nitrogens with zero attached hydrogens (tertiary/aromatic N) is 1. The number of amides is 1. The highest BCUT2D eigenvalue weighted by molar-refractivity contribution is 9.10. The predicted octanol–water partition coefficient (Wildman–Crippen LogP) is 2.11. The van der Waals surface area contributed by atoms with Gasteiger partial charge in [-0.2, -0.15) is 0 Å². The molecule has 1 aromatic carbocycles. The van der Waals surface area contributed by atoms with E-state index in [1.165, 1.54) is 12.8 Å². The van der Waals surface area contributed by atoms with Gasteiger partial charge in [0.25, 0.3) is 5.91 Å². The molecule has 1 amide bonds. The van der Waals surface area contributed by atoms with Crippen molar-refractivity contribution in [2.24, 2.45) is 23.3 Å². The lowest BCUT2D eigenvalue weighted by Crippen LogP contribution is -2.38. The van der Waals surface area contributed by atoms with Gasteiger partial charge >= 0.3 is 0 Å². The van der Waals surface area contributed by atoms with Gasteiger partial charge < -0.3 is 16.4 Å². The molecule has 1 aliphatic carbocycles. The van der Waals surface area contributed by atoms with Crippen molar-refractivity contribution >= 4 is 27.5 Å². The van der Waals surface area contributed by atoms with E-state index in [1.807, 2.05) is 18.2 Å². The van der Waals surface area contributed by atoms with Gasteiger partial charge in [-0.3, -0.25) is 4.79 Å². The van der Waals surface area contributed by atoms with Gasteiger partial charge in [-0.15, -0.1) is 0 Å². The highest BCUT2D eigenvalue weighted by atomic mass is 79.9. The molecule has 1 aromatic rings. The second kappa shape index (κ2) is 5.37. The molecule has 2 fully saturated rings. The number of primary amides is 1. The lowest BCUT2D eigenvalue weighted by atomic mass is 9.78. The van der Waals surface area contributed by atoms with Gasteiger partial charge in [-0.05, 0) is 52.7 Å². The first kappa shape index (κ1) is 13.9. The number of carbonyl (C=O) groups is 1. The predicted molar refractivity (Wildman–Crippen MR) is 83.7 cm³/mol. The second-order valence-electron chi connectivity index (χ2n) is 5.92. The van der Waals surface area contributed by atoms with Crippen molar-refractivity contribution in [2.75, 3.05) is 18.0 Å². The van der Waals surface area contributed by atoms with Crippen LogP contribution >= 0.6 is 15.9 Å². The summed E-state index contributed by atoms with van der Waals surface area (Å²) in [6, 6.07) is 6.09. The van der Waals surface area contributed by atoms with Crippen LogP contribution < -0.4 is 16.4 Å². The van der Waals surface area contributed by atoms with Crippen molar-refractivity contribution in [2.45, 2.75) is 25.3 Å². The number of carbonyl (C=O) groups excluding carboxylic acids is 1. The van der Waals surface area contributed by atoms with E-state index in [4.69, 9.17) is 11.5 Å². The van der Waals surface area contributed by atoms with Crippen LogP contribution in [0.25, 0.3) is 0 Å². The fraction of sp³-hybridized carbons (Fsp3) is 0.533. The quantitative estimate of drug-likeness (QED) is 0.868. The average Bonchev–Trinajstić information content (AvgIpc) is 2.83. The van der Waals surface area contributed by atoms with Crippen molar-refractivity contribution in [1.29, 1.82) is 0 Å². The van der Waals surface area contributed by atoms with Crippen LogP contribution in [0.4, 0.5) is 5.69 Å². The number of hydrogen-bond donors (Lipinski definition) is 2. The number of fused-ring (bicyclic) bond motifs is 1. The Bertz CT molecular complexity index is 534. The Labute approximate surface area is 127 Å². The number of halogens is 1. The summed E-state index contributed by atoms with van der Waals surface area (Å²) in [7, 11) is 0. The van der Waals surface area contributed by atoms with Crippen LogP contribution in [0.1, 0.15) is 29.6 Å². The molecule has 4 nitrogen and oxygen atoms in total. The van der Waals surface area contributed by atoms with Crippen LogP contribution in [0, 0.1) is 11.8 Å². The van der Waals surface area contributed by atoms with Crippen LogP contribution in [0.15, 0.2) is 22.7 Å². The molecule has 3 atom stereocenters. The summed E-state index contributed by atoms with van der Waals surface area (Å²) in [5.74, 6) is 0.813. The molecule has 0 spiro atoms. The van der Waals surface area contributed by atoms with Crippen molar-refractivity contribution in [3.05, 3.63) is 28.2 Å². The van der Waals surface area contributed by atoms with E-state index >= 15 is 0 Å². The summed E-state index contributed by atoms with van der Waals surface area (Å²) < 4.78 is 0.765. The molecule has 3 unspecified atom stereocenters. The molecule has 1 heterocycles. The molecule has 0 bridgehead atoms. The largest absolute Gasteiger partial charge is 0.370 e. The number of hydrogen-bond acceptors (Lipinski definition) is 3. The first-order valence-corrected chi connectivity index (χ1v) is 7.96. The maximum absolute atomic E-state index is 11.7. The summed E-state index contributed by atoms with van der Waals surface area (Å²) >= 11 is 3.43. The van der Waals surface area contributed by atoms with Crippen molar-refractivity contribution in [3.63, 3.8) is 0 Å². The molecule has 3 rings (SSSR count). The van der Waals surface area contributed by atoms with Crippen LogP contribution in [-0.4, -0.2) is 25.0 Å². The Balaban J connectivity index is 1.91. The van der Waals surface area contributed by atoms with E-state index in [9.17, 15) is 4.79 Å². The summed E-state index contributed by atoms with van der Waals surface area (Å²) in [5.41, 5.74) is 13.3. The van der Waals surface area contributed by atoms with E-state index in [-0.39, 0.29) is 5.91 Å². The van der Waals surface area contributed by atoms with Crippen LogP contribution in [0.3, 0.4) is 0 Å². The number of nitrogens with two attached hydrogens (primary N) is 2. The Hall–Kier alpha value is -1.07. The minimum Gasteiger partial charge on any atom is -0.370 e. The first-order chi connectivity index (χ1) is 9.58. The zero-order chi connectivity index (χ0) is 14.3. The van der Waals surface area contributed by atoms with Gasteiger partial charge in [0.2, 0.25) is 0 Å². The standard InChI is InChI=1S/C15H20BrN3O/c16-11-4-2-6-13(14(11)15(18)20)19-7-9-3-1-5-12(17)10(9)8-19/h2,4,6,9-10,12H,1,3,5,7-8,17H2,(H2,18,20). The minimum absolute atomic E-state index is 0.294. The topological polar surface area (TPSA) is 72.4 Å². The zero-order valence-corrected chi connectivity index (χ0v) is 13.0. The first-order valence-electron chi connectivity index (χ1n) is 7.16. The molecule has 5 heteroatoms. The van der Waals surface area contributed by atoms with Crippen molar-refractivity contribution in [3.8, 4) is 0 Å². The average molecular weight is 338 g/mol. The molecule has 1 saturated heterocycles. The normalized spacial score (nSPS) is 29.3. The van der Waals surface area contributed by atoms with Crippen molar-refractivity contribution < 1.29 is 4.79 Å². The third-order valence-electron chi connectivity index (χ3n) is 4.73. The van der Waals surface area contributed by atoms with E-state index in [0.717, 1.165) is 29.7 Å². The molecule has 1 saturated carbocycles. The number of benzene rings is 1. The van der Waals surface area contributed by atoms with E-state index < -0.39 is 0 Å². The summed E-state index contributed by atoms with van der Waals surface area (Å²) in [4.78, 5) is 14.0. The van der Waals surface area contributed by atoms with Gasteiger partial charge in [0.15, 0.2) is 0 Å². The summed E-state index contributed by atoms with van der Waals surface area (Å²) in [6.45, 7) is 1.91. The Morgan fingerprint density at radius 1 is 1.30 bits per heavy atom. The molecule has 2 aliphatic rings. The fourth-order valence-corrected chi connectivity index (χ4v) is 4.28. The Morgan fingerprint density at radius 2 is 2.10 bits per heavy atom. The minimum atomic E-state index is -0.383. The summed E-state index contributed by atoms with van der Waals surface area (Å²) in [6.07, 6.45) is 3.59. The molecule has 4 N–H and O–H groups in total. The van der Waals surface area contributed by atoms with Crippen LogP contribution in [0.5, 0.6) is 0 Å². The zero-order valence-electron chi connectivity index (χ0n) is 11.4. The van der Waals surface area contributed by atoms with Gasteiger partial charge in [-0.1, -0.05) is 12.5 Å². The summed E-state index contributed by atoms with van der Waals surface area (Å²) in [5, 5.41) is 0. The van der Waals surface area contributed by atoms with E-state index in [1.54, 1.807) is 0 Å². The molecule has 0 aromatic heterocycles. The van der Waals surface area contributed by atoms with E-state index in [2.05, 4.69) is 20.8 Å². The monoisotopic (exact) mass is 337 g/mol. The highest BCUT2D eigenvalue weighted by Gasteiger charge is 2.39. The smallest absolute Gasteiger partial charge is 0.251 e. The lowest BCUT2D eigenvalue weighted by molar-refractivity contribution is 0.1000. The lowest BCUT2D eigenvalue weighted by Gasteiger charge is -2.29. The van der Waals surface area contributed by atoms with Gasteiger partial charge in [0.1, 0.15) is 0 Å². The third kappa shape index (κ3) is 2.33. The van der Waals surface area contributed by atoms with Gasteiger partial charge in [0, 0.05) is 23.6 Å². The number of anilines is 1. The molecular weight excluding hydrogens is 318 g/mol. The van der Waals surface area contributed by atoms with Crippen LogP contribution in [0.2, 0.25) is 0 Å². The maximum atomic E-state index is 11.7. The van der Waals surface area contributed by atoms with Gasteiger partial charge in [0.05, 0.1) is 11.3 Å². The third-order valence-corrected chi connectivity index (χ3v) is 5.39. The molecule has 1 aliphatic heterocycles. The second-order valence-corrected chi connectivity index (χ2v) is 6.78. The highest BCUT2D eigenvalue weighted by Crippen LogP contribution is 2.39. The molecule has 108 valence electrons. The Kier molecular flexibility index (Phi) is 3.73. The molecule has 0 radical (unpaired) electrons. The maximum Gasteiger partial charge on any atom is 0.251 e. The SMILES string of the molecule is NC(=O)c1c(Br)cccc1N1CC2CCCC(N)C2C1. The van der Waals surface area contributed by atoms with Gasteiger partial charge in [-0.25, -0.2) is 0 Å². The van der Waals surface area contributed by atoms with E-state index in [0.29, 0.717) is 23.4 Å². The number of rotatable bonds is 2.